The zero-order chi connectivity index (χ0) is 25.3. The number of aryl methyl sites for hydroxylation is 1. The smallest absolute Gasteiger partial charge is 0.262 e. The SMILES string of the molecule is CCCCN(CCCC)CCCNCc1ccc(OCC(=O)Nc2ccc(C)cc2)c(OCC)c1. The molecule has 0 bridgehead atoms. The first kappa shape index (κ1) is 28.7. The summed E-state index contributed by atoms with van der Waals surface area (Å²) in [7, 11) is 0. The van der Waals surface area contributed by atoms with Gasteiger partial charge in [-0.25, -0.2) is 0 Å². The third-order valence-electron chi connectivity index (χ3n) is 5.81. The van der Waals surface area contributed by atoms with Crippen molar-refractivity contribution in [3.8, 4) is 11.5 Å². The van der Waals surface area contributed by atoms with Gasteiger partial charge < -0.3 is 25.0 Å². The summed E-state index contributed by atoms with van der Waals surface area (Å²) in [5, 5.41) is 6.41. The average Bonchev–Trinajstić information content (AvgIpc) is 2.86. The molecule has 194 valence electrons. The van der Waals surface area contributed by atoms with Crippen LogP contribution in [0.25, 0.3) is 0 Å². The van der Waals surface area contributed by atoms with E-state index in [2.05, 4.69) is 29.4 Å². The molecule has 0 spiro atoms. The molecule has 0 saturated heterocycles. The lowest BCUT2D eigenvalue weighted by Gasteiger charge is -2.22. The van der Waals surface area contributed by atoms with Crippen molar-refractivity contribution in [2.75, 3.05) is 44.7 Å². The molecular formula is C29H45N3O3. The second-order valence-electron chi connectivity index (χ2n) is 9.00. The minimum Gasteiger partial charge on any atom is -0.490 e. The van der Waals surface area contributed by atoms with Gasteiger partial charge in [0, 0.05) is 12.2 Å². The first-order chi connectivity index (χ1) is 17.0. The highest BCUT2D eigenvalue weighted by Gasteiger charge is 2.10. The Kier molecular flexibility index (Phi) is 13.9. The Bertz CT molecular complexity index is 847. The van der Waals surface area contributed by atoms with Gasteiger partial charge in [-0.1, -0.05) is 50.5 Å². The van der Waals surface area contributed by atoms with Crippen LogP contribution in [0.2, 0.25) is 0 Å². The van der Waals surface area contributed by atoms with Crippen LogP contribution in [0.3, 0.4) is 0 Å². The van der Waals surface area contributed by atoms with E-state index in [4.69, 9.17) is 9.47 Å². The molecule has 0 aliphatic carbocycles. The van der Waals surface area contributed by atoms with Gasteiger partial charge in [0.25, 0.3) is 5.91 Å². The maximum Gasteiger partial charge on any atom is 0.262 e. The summed E-state index contributed by atoms with van der Waals surface area (Å²) >= 11 is 0. The molecular weight excluding hydrogens is 438 g/mol. The minimum absolute atomic E-state index is 0.0713. The minimum atomic E-state index is -0.200. The predicted octanol–water partition coefficient (Wildman–Crippen LogP) is 5.79. The Morgan fingerprint density at radius 2 is 1.54 bits per heavy atom. The molecule has 0 radical (unpaired) electrons. The van der Waals surface area contributed by atoms with Gasteiger partial charge >= 0.3 is 0 Å². The number of amides is 1. The second kappa shape index (κ2) is 17.0. The summed E-state index contributed by atoms with van der Waals surface area (Å²) in [6.07, 6.45) is 6.20. The third kappa shape index (κ3) is 11.6. The van der Waals surface area contributed by atoms with E-state index in [1.54, 1.807) is 0 Å². The number of hydrogen-bond acceptors (Lipinski definition) is 5. The predicted molar refractivity (Wildman–Crippen MR) is 145 cm³/mol. The van der Waals surface area contributed by atoms with E-state index >= 15 is 0 Å². The van der Waals surface area contributed by atoms with Gasteiger partial charge in [0.05, 0.1) is 6.61 Å². The van der Waals surface area contributed by atoms with Crippen molar-refractivity contribution in [2.45, 2.75) is 66.3 Å². The van der Waals surface area contributed by atoms with Gasteiger partial charge in [-0.3, -0.25) is 4.79 Å². The molecule has 0 saturated carbocycles. The van der Waals surface area contributed by atoms with Gasteiger partial charge in [0.15, 0.2) is 18.1 Å². The number of rotatable bonds is 18. The molecule has 0 unspecified atom stereocenters. The monoisotopic (exact) mass is 483 g/mol. The number of benzene rings is 2. The van der Waals surface area contributed by atoms with E-state index < -0.39 is 0 Å². The second-order valence-corrected chi connectivity index (χ2v) is 9.00. The number of nitrogens with zero attached hydrogens (tertiary/aromatic N) is 1. The normalized spacial score (nSPS) is 11.0. The van der Waals surface area contributed by atoms with Crippen LogP contribution in [-0.2, 0) is 11.3 Å². The lowest BCUT2D eigenvalue weighted by Crippen LogP contribution is -2.29. The molecule has 6 nitrogen and oxygen atoms in total. The van der Waals surface area contributed by atoms with Crippen molar-refractivity contribution < 1.29 is 14.3 Å². The van der Waals surface area contributed by atoms with E-state index in [9.17, 15) is 4.79 Å². The Morgan fingerprint density at radius 1 is 0.857 bits per heavy atom. The molecule has 0 aliphatic rings. The van der Waals surface area contributed by atoms with Crippen LogP contribution in [-0.4, -0.2) is 50.2 Å². The molecule has 2 rings (SSSR count). The zero-order valence-corrected chi connectivity index (χ0v) is 22.2. The Morgan fingerprint density at radius 3 is 2.20 bits per heavy atom. The highest BCUT2D eigenvalue weighted by Crippen LogP contribution is 2.28. The van der Waals surface area contributed by atoms with Crippen molar-refractivity contribution >= 4 is 11.6 Å². The molecule has 0 atom stereocenters. The Labute approximate surface area is 212 Å². The molecule has 0 fully saturated rings. The van der Waals surface area contributed by atoms with Crippen LogP contribution >= 0.6 is 0 Å². The van der Waals surface area contributed by atoms with E-state index in [-0.39, 0.29) is 12.5 Å². The quantitative estimate of drug-likeness (QED) is 0.263. The molecule has 35 heavy (non-hydrogen) atoms. The summed E-state index contributed by atoms with van der Waals surface area (Å²) in [4.78, 5) is 14.9. The summed E-state index contributed by atoms with van der Waals surface area (Å²) < 4.78 is 11.6. The Balaban J connectivity index is 1.79. The highest BCUT2D eigenvalue weighted by atomic mass is 16.5. The number of carbonyl (C=O) groups excluding carboxylic acids is 1. The summed E-state index contributed by atoms with van der Waals surface area (Å²) in [5.74, 6) is 1.05. The zero-order valence-electron chi connectivity index (χ0n) is 22.2. The Hall–Kier alpha value is -2.57. The molecule has 0 aromatic heterocycles. The number of unbranched alkanes of at least 4 members (excludes halogenated alkanes) is 2. The summed E-state index contributed by atoms with van der Waals surface area (Å²) in [5.41, 5.74) is 3.05. The number of anilines is 1. The topological polar surface area (TPSA) is 62.8 Å². The van der Waals surface area contributed by atoms with Gasteiger partial charge in [-0.2, -0.15) is 0 Å². The van der Waals surface area contributed by atoms with Crippen molar-refractivity contribution in [1.82, 2.24) is 10.2 Å². The molecule has 2 N–H and O–H groups in total. The van der Waals surface area contributed by atoms with E-state index in [0.717, 1.165) is 42.9 Å². The molecule has 2 aromatic rings. The fourth-order valence-corrected chi connectivity index (χ4v) is 3.79. The van der Waals surface area contributed by atoms with Crippen LogP contribution in [0, 0.1) is 6.92 Å². The van der Waals surface area contributed by atoms with Crippen LogP contribution in [0.4, 0.5) is 5.69 Å². The van der Waals surface area contributed by atoms with E-state index in [1.807, 2.05) is 56.3 Å². The maximum absolute atomic E-state index is 12.3. The summed E-state index contributed by atoms with van der Waals surface area (Å²) in [6, 6.07) is 13.6. The molecule has 6 heteroatoms. The van der Waals surface area contributed by atoms with Gasteiger partial charge in [0.1, 0.15) is 0 Å². The van der Waals surface area contributed by atoms with Crippen LogP contribution in [0.15, 0.2) is 42.5 Å². The molecule has 0 heterocycles. The van der Waals surface area contributed by atoms with Crippen molar-refractivity contribution in [3.63, 3.8) is 0 Å². The van der Waals surface area contributed by atoms with Gasteiger partial charge in [-0.15, -0.1) is 0 Å². The first-order valence-electron chi connectivity index (χ1n) is 13.2. The lowest BCUT2D eigenvalue weighted by molar-refractivity contribution is -0.118. The van der Waals surface area contributed by atoms with Crippen molar-refractivity contribution in [1.29, 1.82) is 0 Å². The number of carbonyl (C=O) groups is 1. The van der Waals surface area contributed by atoms with Crippen LogP contribution in [0.1, 0.15) is 64.0 Å². The van der Waals surface area contributed by atoms with E-state index in [1.165, 1.54) is 38.8 Å². The molecule has 1 amide bonds. The average molecular weight is 484 g/mol. The number of hydrogen-bond donors (Lipinski definition) is 2. The van der Waals surface area contributed by atoms with Crippen molar-refractivity contribution in [3.05, 3.63) is 53.6 Å². The van der Waals surface area contributed by atoms with E-state index in [0.29, 0.717) is 18.1 Å². The van der Waals surface area contributed by atoms with Crippen molar-refractivity contribution in [2.24, 2.45) is 0 Å². The largest absolute Gasteiger partial charge is 0.490 e. The van der Waals surface area contributed by atoms with Gasteiger partial charge in [0.2, 0.25) is 0 Å². The van der Waals surface area contributed by atoms with Gasteiger partial charge in [-0.05, 0) is 89.1 Å². The maximum atomic E-state index is 12.3. The molecule has 0 aliphatic heterocycles. The lowest BCUT2D eigenvalue weighted by atomic mass is 10.2. The fourth-order valence-electron chi connectivity index (χ4n) is 3.79. The molecule has 2 aromatic carbocycles. The fraction of sp³-hybridized carbons (Fsp3) is 0.552. The highest BCUT2D eigenvalue weighted by molar-refractivity contribution is 5.91. The summed E-state index contributed by atoms with van der Waals surface area (Å²) in [6.45, 7) is 14.3. The van der Waals surface area contributed by atoms with Crippen LogP contribution in [0.5, 0.6) is 11.5 Å². The van der Waals surface area contributed by atoms with Crippen LogP contribution < -0.4 is 20.1 Å². The first-order valence-corrected chi connectivity index (χ1v) is 13.2. The standard InChI is InChI=1S/C29H45N3O3/c1-5-8-18-32(19-9-6-2)20-10-17-30-22-25-13-16-27(28(21-25)34-7-3)35-23-29(33)31-26-14-11-24(4)12-15-26/h11-16,21,30H,5-10,17-20,22-23H2,1-4H3,(H,31,33). The number of ether oxygens (including phenoxy) is 2. The third-order valence-corrected chi connectivity index (χ3v) is 5.81. The number of nitrogens with one attached hydrogen (secondary N) is 2.